The highest BCUT2D eigenvalue weighted by Crippen LogP contribution is 2.24. The Morgan fingerprint density at radius 1 is 0.806 bits per heavy atom. The number of nitrogens with one attached hydrogen (secondary N) is 1. The third-order valence-corrected chi connectivity index (χ3v) is 5.31. The molecule has 0 saturated carbocycles. The van der Waals surface area contributed by atoms with Crippen LogP contribution in [0.1, 0.15) is 43.0 Å². The molecule has 2 amide bonds. The van der Waals surface area contributed by atoms with Crippen LogP contribution >= 0.6 is 12.4 Å². The Morgan fingerprint density at radius 3 is 1.97 bits per heavy atom. The van der Waals surface area contributed by atoms with Gasteiger partial charge in [0.2, 0.25) is 5.90 Å². The first-order chi connectivity index (χ1) is 14.6. The number of ether oxygens (including phenoxy) is 1. The number of carbonyl (C=O) groups excluding carboxylic acids is 2. The molecule has 0 aliphatic carbocycles. The number of benzene rings is 3. The minimum Gasteiger partial charge on any atom is -0.481 e. The average Bonchev–Trinajstić information content (AvgIpc) is 3.03. The fourth-order valence-corrected chi connectivity index (χ4v) is 3.72. The van der Waals surface area contributed by atoms with E-state index in [1.165, 1.54) is 12.0 Å². The molecule has 4 rings (SSSR count). The molecule has 0 fully saturated rings. The smallest absolute Gasteiger partial charge is 0.261 e. The minimum atomic E-state index is -0.238. The quantitative estimate of drug-likeness (QED) is 0.348. The fourth-order valence-electron chi connectivity index (χ4n) is 3.72. The van der Waals surface area contributed by atoms with Gasteiger partial charge in [-0.2, -0.15) is 0 Å². The minimum absolute atomic E-state index is 0. The first-order valence-electron chi connectivity index (χ1n) is 9.81. The summed E-state index contributed by atoms with van der Waals surface area (Å²) >= 11 is 0. The van der Waals surface area contributed by atoms with Crippen molar-refractivity contribution in [2.75, 3.05) is 7.11 Å². The normalized spacial score (nSPS) is 12.4. The summed E-state index contributed by atoms with van der Waals surface area (Å²) in [4.78, 5) is 26.5. The summed E-state index contributed by atoms with van der Waals surface area (Å²) < 4.78 is 5.00. The van der Waals surface area contributed by atoms with E-state index in [0.29, 0.717) is 11.1 Å². The molecule has 1 heterocycles. The zero-order valence-corrected chi connectivity index (χ0v) is 17.9. The maximum atomic E-state index is 12.6. The molecule has 3 aromatic carbocycles. The Balaban J connectivity index is 0.00000272. The predicted molar refractivity (Wildman–Crippen MR) is 122 cm³/mol. The maximum absolute atomic E-state index is 12.6. The SMILES string of the molecule is COC(=N)c1cccc(CCc2cccc(CN3C(=O)c4ccccc4C3=O)c2)c1.Cl. The highest BCUT2D eigenvalue weighted by molar-refractivity contribution is 6.21. The van der Waals surface area contributed by atoms with E-state index in [0.717, 1.165) is 35.1 Å². The third-order valence-electron chi connectivity index (χ3n) is 5.31. The van der Waals surface area contributed by atoms with E-state index in [2.05, 4.69) is 0 Å². The molecule has 158 valence electrons. The van der Waals surface area contributed by atoms with Crippen LogP contribution in [0.25, 0.3) is 0 Å². The van der Waals surface area contributed by atoms with Gasteiger partial charge in [-0.05, 0) is 53.8 Å². The molecule has 6 heteroatoms. The number of fused-ring (bicyclic) bond motifs is 1. The van der Waals surface area contributed by atoms with Gasteiger partial charge < -0.3 is 4.74 Å². The summed E-state index contributed by atoms with van der Waals surface area (Å²) in [5.74, 6) is -0.323. The van der Waals surface area contributed by atoms with Gasteiger partial charge in [0.1, 0.15) is 0 Å². The number of rotatable bonds is 6. The highest BCUT2D eigenvalue weighted by Gasteiger charge is 2.34. The molecule has 1 N–H and O–H groups in total. The van der Waals surface area contributed by atoms with Crippen molar-refractivity contribution in [3.63, 3.8) is 0 Å². The molecule has 0 spiro atoms. The number of halogens is 1. The number of hydrogen-bond acceptors (Lipinski definition) is 4. The van der Waals surface area contributed by atoms with Crippen molar-refractivity contribution >= 4 is 30.1 Å². The Hall–Kier alpha value is -3.44. The summed E-state index contributed by atoms with van der Waals surface area (Å²) in [5.41, 5.74) is 4.89. The fraction of sp³-hybridized carbons (Fsp3) is 0.160. The second-order valence-electron chi connectivity index (χ2n) is 7.30. The van der Waals surface area contributed by atoms with Crippen LogP contribution in [0.4, 0.5) is 0 Å². The lowest BCUT2D eigenvalue weighted by Gasteiger charge is -2.14. The summed E-state index contributed by atoms with van der Waals surface area (Å²) in [7, 11) is 1.49. The molecule has 5 nitrogen and oxygen atoms in total. The predicted octanol–water partition coefficient (Wildman–Crippen LogP) is 4.66. The van der Waals surface area contributed by atoms with Crippen LogP contribution < -0.4 is 0 Å². The van der Waals surface area contributed by atoms with Crippen LogP contribution in [0.3, 0.4) is 0 Å². The zero-order valence-electron chi connectivity index (χ0n) is 17.1. The topological polar surface area (TPSA) is 70.5 Å². The van der Waals surface area contributed by atoms with Gasteiger partial charge in [-0.25, -0.2) is 0 Å². The Labute approximate surface area is 187 Å². The summed E-state index contributed by atoms with van der Waals surface area (Å²) in [6, 6.07) is 22.7. The van der Waals surface area contributed by atoms with E-state index < -0.39 is 0 Å². The van der Waals surface area contributed by atoms with E-state index >= 15 is 0 Å². The summed E-state index contributed by atoms with van der Waals surface area (Å²) in [6.45, 7) is 0.265. The van der Waals surface area contributed by atoms with Crippen LogP contribution in [0.15, 0.2) is 72.8 Å². The van der Waals surface area contributed by atoms with Crippen molar-refractivity contribution in [3.05, 3.63) is 106 Å². The number of nitrogens with zero attached hydrogens (tertiary/aromatic N) is 1. The first kappa shape index (κ1) is 22.2. The van der Waals surface area contributed by atoms with E-state index in [9.17, 15) is 9.59 Å². The maximum Gasteiger partial charge on any atom is 0.261 e. The van der Waals surface area contributed by atoms with Crippen molar-refractivity contribution < 1.29 is 14.3 Å². The molecule has 0 radical (unpaired) electrons. The first-order valence-corrected chi connectivity index (χ1v) is 9.81. The molecule has 1 aliphatic rings. The van der Waals surface area contributed by atoms with Gasteiger partial charge in [-0.1, -0.05) is 48.5 Å². The Morgan fingerprint density at radius 2 is 1.35 bits per heavy atom. The van der Waals surface area contributed by atoms with Gasteiger partial charge in [0.15, 0.2) is 0 Å². The van der Waals surface area contributed by atoms with Gasteiger partial charge >= 0.3 is 0 Å². The van der Waals surface area contributed by atoms with Crippen molar-refractivity contribution in [3.8, 4) is 0 Å². The second kappa shape index (κ2) is 9.58. The van der Waals surface area contributed by atoms with Crippen molar-refractivity contribution in [1.82, 2.24) is 4.90 Å². The lowest BCUT2D eigenvalue weighted by atomic mass is 10.0. The van der Waals surface area contributed by atoms with Crippen LogP contribution in [-0.4, -0.2) is 29.7 Å². The molecule has 1 aliphatic heterocycles. The van der Waals surface area contributed by atoms with Crippen LogP contribution in [0, 0.1) is 5.41 Å². The van der Waals surface area contributed by atoms with E-state index in [4.69, 9.17) is 10.1 Å². The van der Waals surface area contributed by atoms with Crippen LogP contribution in [0.2, 0.25) is 0 Å². The molecule has 0 unspecified atom stereocenters. The number of imide groups is 1. The third kappa shape index (κ3) is 4.67. The number of amides is 2. The van der Waals surface area contributed by atoms with Crippen molar-refractivity contribution in [2.45, 2.75) is 19.4 Å². The second-order valence-corrected chi connectivity index (χ2v) is 7.30. The number of methoxy groups -OCH3 is 1. The lowest BCUT2D eigenvalue weighted by molar-refractivity contribution is 0.0642. The van der Waals surface area contributed by atoms with E-state index in [-0.39, 0.29) is 36.7 Å². The number of hydrogen-bond donors (Lipinski definition) is 1. The van der Waals surface area contributed by atoms with E-state index in [1.54, 1.807) is 24.3 Å². The Bertz CT molecular complexity index is 1110. The van der Waals surface area contributed by atoms with Gasteiger partial charge in [0.25, 0.3) is 11.8 Å². The Kier molecular flexibility index (Phi) is 6.88. The zero-order chi connectivity index (χ0) is 21.1. The highest BCUT2D eigenvalue weighted by atomic mass is 35.5. The van der Waals surface area contributed by atoms with Gasteiger partial charge in [-0.3, -0.25) is 19.9 Å². The van der Waals surface area contributed by atoms with Crippen molar-refractivity contribution in [1.29, 1.82) is 5.41 Å². The molecule has 3 aromatic rings. The van der Waals surface area contributed by atoms with Crippen LogP contribution in [0.5, 0.6) is 0 Å². The van der Waals surface area contributed by atoms with Gasteiger partial charge in [0.05, 0.1) is 24.8 Å². The number of carbonyl (C=O) groups is 2. The molecule has 0 aromatic heterocycles. The van der Waals surface area contributed by atoms with E-state index in [1.807, 2.05) is 48.5 Å². The molecular weight excluding hydrogens is 412 g/mol. The standard InChI is InChI=1S/C25H22N2O3.ClH/c1-30-23(26)20-9-5-7-18(15-20)13-12-17-6-4-8-19(14-17)16-27-24(28)21-10-2-3-11-22(21)25(27)29;/h2-11,14-15,26H,12-13,16H2,1H3;1H. The lowest BCUT2D eigenvalue weighted by Crippen LogP contribution is -2.29. The summed E-state index contributed by atoms with van der Waals surface area (Å²) in [5, 5.41) is 7.81. The molecular formula is C25H23ClN2O3. The number of aryl methyl sites for hydroxylation is 2. The molecule has 0 bridgehead atoms. The average molecular weight is 435 g/mol. The largest absolute Gasteiger partial charge is 0.481 e. The molecule has 0 atom stereocenters. The molecule has 0 saturated heterocycles. The monoisotopic (exact) mass is 434 g/mol. The summed E-state index contributed by atoms with van der Waals surface area (Å²) in [6.07, 6.45) is 1.64. The molecule has 31 heavy (non-hydrogen) atoms. The van der Waals surface area contributed by atoms with Crippen molar-refractivity contribution in [2.24, 2.45) is 0 Å². The van der Waals surface area contributed by atoms with Gasteiger partial charge in [0, 0.05) is 5.56 Å². The van der Waals surface area contributed by atoms with Crippen LogP contribution in [-0.2, 0) is 24.1 Å². The van der Waals surface area contributed by atoms with Gasteiger partial charge in [-0.15, -0.1) is 12.4 Å².